The van der Waals surface area contributed by atoms with Crippen LogP contribution in [0.1, 0.15) is 21.6 Å². The largest absolute Gasteiger partial charge is 0.464 e. The Bertz CT molecular complexity index is 257. The number of methoxy groups -OCH3 is 1. The molecule has 0 aliphatic rings. The molecule has 0 radical (unpaired) electrons. The summed E-state index contributed by atoms with van der Waals surface area (Å²) in [6.45, 7) is 2.02. The Morgan fingerprint density at radius 3 is 3.00 bits per heavy atom. The Labute approximate surface area is 69.0 Å². The molecule has 0 aliphatic heterocycles. The molecule has 0 saturated heterocycles. The van der Waals surface area contributed by atoms with Gasteiger partial charge in [-0.2, -0.15) is 0 Å². The predicted molar refractivity (Wildman–Crippen MR) is 42.8 cm³/mol. The van der Waals surface area contributed by atoms with Crippen molar-refractivity contribution in [3.05, 3.63) is 16.1 Å². The van der Waals surface area contributed by atoms with Crippen LogP contribution < -0.4 is 0 Å². The lowest BCUT2D eigenvalue weighted by Crippen LogP contribution is -1.98. The molecule has 60 valence electrons. The molecule has 1 aromatic rings. The molecule has 0 spiro atoms. The molecule has 0 amide bonds. The molecular formula is C7H9NO2S. The lowest BCUT2D eigenvalue weighted by atomic mass is 10.4. The van der Waals surface area contributed by atoms with Gasteiger partial charge in [0.05, 0.1) is 7.11 Å². The van der Waals surface area contributed by atoms with Gasteiger partial charge in [-0.3, -0.25) is 0 Å². The fourth-order valence-electron chi connectivity index (χ4n) is 0.653. The van der Waals surface area contributed by atoms with Crippen LogP contribution in [-0.2, 0) is 11.2 Å². The van der Waals surface area contributed by atoms with Crippen LogP contribution in [0.3, 0.4) is 0 Å². The fourth-order valence-corrected chi connectivity index (χ4v) is 1.42. The maximum atomic E-state index is 10.9. The highest BCUT2D eigenvalue weighted by atomic mass is 32.1. The highest BCUT2D eigenvalue weighted by Crippen LogP contribution is 2.13. The summed E-state index contributed by atoms with van der Waals surface area (Å²) in [7, 11) is 1.36. The van der Waals surface area contributed by atoms with Crippen molar-refractivity contribution in [3.8, 4) is 0 Å². The second kappa shape index (κ2) is 3.48. The van der Waals surface area contributed by atoms with E-state index in [2.05, 4.69) is 9.72 Å². The van der Waals surface area contributed by atoms with Crippen molar-refractivity contribution in [1.82, 2.24) is 4.98 Å². The van der Waals surface area contributed by atoms with Gasteiger partial charge in [0.1, 0.15) is 0 Å². The van der Waals surface area contributed by atoms with Gasteiger partial charge < -0.3 is 4.74 Å². The summed E-state index contributed by atoms with van der Waals surface area (Å²) in [5, 5.41) is 0.435. The van der Waals surface area contributed by atoms with Crippen molar-refractivity contribution in [3.63, 3.8) is 0 Å². The van der Waals surface area contributed by atoms with E-state index in [1.165, 1.54) is 18.4 Å². The molecule has 0 aliphatic carbocycles. The van der Waals surface area contributed by atoms with E-state index in [-0.39, 0.29) is 5.97 Å². The second-order valence-electron chi connectivity index (χ2n) is 1.98. The number of aromatic nitrogens is 1. The normalized spacial score (nSPS) is 9.64. The average Bonchev–Trinajstić information content (AvgIpc) is 2.50. The van der Waals surface area contributed by atoms with Crippen LogP contribution >= 0.6 is 11.3 Å². The van der Waals surface area contributed by atoms with E-state index >= 15 is 0 Å². The van der Waals surface area contributed by atoms with E-state index in [1.54, 1.807) is 6.20 Å². The summed E-state index contributed by atoms with van der Waals surface area (Å²) in [5.41, 5.74) is 0. The monoisotopic (exact) mass is 171 g/mol. The summed E-state index contributed by atoms with van der Waals surface area (Å²) in [4.78, 5) is 15.9. The van der Waals surface area contributed by atoms with E-state index in [1.807, 2.05) is 6.92 Å². The Hall–Kier alpha value is -0.900. The number of aryl methyl sites for hydroxylation is 1. The standard InChI is InChI=1S/C7H9NO2S/c1-3-5-4-8-6(11-5)7(9)10-2/h4H,3H2,1-2H3. The first-order chi connectivity index (χ1) is 5.27. The van der Waals surface area contributed by atoms with Gasteiger partial charge in [0.15, 0.2) is 0 Å². The minimum absolute atomic E-state index is 0.352. The first kappa shape index (κ1) is 8.20. The van der Waals surface area contributed by atoms with E-state index in [0.717, 1.165) is 11.3 Å². The Balaban J connectivity index is 2.80. The third-order valence-corrected chi connectivity index (χ3v) is 2.38. The molecule has 0 atom stereocenters. The highest BCUT2D eigenvalue weighted by molar-refractivity contribution is 7.13. The number of carbonyl (C=O) groups is 1. The lowest BCUT2D eigenvalue weighted by Gasteiger charge is -1.89. The van der Waals surface area contributed by atoms with Crippen molar-refractivity contribution < 1.29 is 9.53 Å². The molecule has 0 bridgehead atoms. The molecule has 0 fully saturated rings. The van der Waals surface area contributed by atoms with Gasteiger partial charge in [-0.1, -0.05) is 6.92 Å². The minimum atomic E-state index is -0.352. The van der Waals surface area contributed by atoms with Crippen LogP contribution in [0.5, 0.6) is 0 Å². The number of thiazole rings is 1. The van der Waals surface area contributed by atoms with E-state index in [0.29, 0.717) is 5.01 Å². The fraction of sp³-hybridized carbons (Fsp3) is 0.429. The molecule has 3 nitrogen and oxygen atoms in total. The molecule has 1 aromatic heterocycles. The number of esters is 1. The van der Waals surface area contributed by atoms with Crippen molar-refractivity contribution in [1.29, 1.82) is 0 Å². The second-order valence-corrected chi connectivity index (χ2v) is 3.09. The number of nitrogens with zero attached hydrogens (tertiary/aromatic N) is 1. The van der Waals surface area contributed by atoms with Crippen LogP contribution in [0, 0.1) is 0 Å². The zero-order valence-electron chi connectivity index (χ0n) is 6.46. The third-order valence-electron chi connectivity index (χ3n) is 1.26. The molecule has 0 N–H and O–H groups in total. The SMILES string of the molecule is CCc1cnc(C(=O)OC)s1. The van der Waals surface area contributed by atoms with E-state index in [4.69, 9.17) is 0 Å². The quantitative estimate of drug-likeness (QED) is 0.633. The molecule has 4 heteroatoms. The minimum Gasteiger partial charge on any atom is -0.464 e. The van der Waals surface area contributed by atoms with Gasteiger partial charge in [0, 0.05) is 11.1 Å². The van der Waals surface area contributed by atoms with Crippen molar-refractivity contribution in [2.45, 2.75) is 13.3 Å². The van der Waals surface area contributed by atoms with Crippen molar-refractivity contribution in [2.75, 3.05) is 7.11 Å². The van der Waals surface area contributed by atoms with Gasteiger partial charge in [0.2, 0.25) is 5.01 Å². The van der Waals surface area contributed by atoms with Gasteiger partial charge in [-0.15, -0.1) is 11.3 Å². The molecule has 1 rings (SSSR count). The Morgan fingerprint density at radius 1 is 1.82 bits per heavy atom. The van der Waals surface area contributed by atoms with E-state index in [9.17, 15) is 4.79 Å². The maximum Gasteiger partial charge on any atom is 0.367 e. The van der Waals surface area contributed by atoms with Gasteiger partial charge >= 0.3 is 5.97 Å². The van der Waals surface area contributed by atoms with Crippen LogP contribution in [0.25, 0.3) is 0 Å². The van der Waals surface area contributed by atoms with E-state index < -0.39 is 0 Å². The number of carbonyl (C=O) groups excluding carboxylic acids is 1. The summed E-state index contributed by atoms with van der Waals surface area (Å²) >= 11 is 1.38. The van der Waals surface area contributed by atoms with Crippen molar-refractivity contribution in [2.24, 2.45) is 0 Å². The van der Waals surface area contributed by atoms with Crippen LogP contribution in [0.2, 0.25) is 0 Å². The van der Waals surface area contributed by atoms with Crippen LogP contribution in [-0.4, -0.2) is 18.1 Å². The Morgan fingerprint density at radius 2 is 2.55 bits per heavy atom. The zero-order valence-corrected chi connectivity index (χ0v) is 7.27. The van der Waals surface area contributed by atoms with Crippen molar-refractivity contribution >= 4 is 17.3 Å². The molecule has 1 heterocycles. The number of ether oxygens (including phenoxy) is 1. The molecular weight excluding hydrogens is 162 g/mol. The third kappa shape index (κ3) is 1.77. The molecule has 0 aromatic carbocycles. The number of hydrogen-bond acceptors (Lipinski definition) is 4. The lowest BCUT2D eigenvalue weighted by molar-refractivity contribution is 0.0600. The van der Waals surface area contributed by atoms with Crippen LogP contribution in [0.15, 0.2) is 6.20 Å². The Kier molecular flexibility index (Phi) is 2.59. The molecule has 11 heavy (non-hydrogen) atoms. The highest BCUT2D eigenvalue weighted by Gasteiger charge is 2.09. The van der Waals surface area contributed by atoms with Gasteiger partial charge in [-0.05, 0) is 6.42 Å². The topological polar surface area (TPSA) is 39.2 Å². The predicted octanol–water partition coefficient (Wildman–Crippen LogP) is 1.49. The first-order valence-electron chi connectivity index (χ1n) is 3.31. The van der Waals surface area contributed by atoms with Gasteiger partial charge in [-0.25, -0.2) is 9.78 Å². The average molecular weight is 171 g/mol. The van der Waals surface area contributed by atoms with Gasteiger partial charge in [0.25, 0.3) is 0 Å². The summed E-state index contributed by atoms with van der Waals surface area (Å²) < 4.78 is 4.50. The molecule has 0 saturated carbocycles. The summed E-state index contributed by atoms with van der Waals surface area (Å²) in [5.74, 6) is -0.352. The first-order valence-corrected chi connectivity index (χ1v) is 4.12. The summed E-state index contributed by atoms with van der Waals surface area (Å²) in [6.07, 6.45) is 2.62. The van der Waals surface area contributed by atoms with Crippen LogP contribution in [0.4, 0.5) is 0 Å². The smallest absolute Gasteiger partial charge is 0.367 e. The summed E-state index contributed by atoms with van der Waals surface area (Å²) in [6, 6.07) is 0. The number of rotatable bonds is 2. The number of hydrogen-bond donors (Lipinski definition) is 0. The maximum absolute atomic E-state index is 10.9. The zero-order chi connectivity index (χ0) is 8.27. The molecule has 0 unspecified atom stereocenters.